The van der Waals surface area contributed by atoms with Crippen LogP contribution < -0.4 is 10.1 Å². The van der Waals surface area contributed by atoms with E-state index in [4.69, 9.17) is 9.47 Å². The molecule has 0 saturated heterocycles. The van der Waals surface area contributed by atoms with Gasteiger partial charge in [0.2, 0.25) is 0 Å². The molecule has 0 fully saturated rings. The molecule has 1 aromatic heterocycles. The van der Waals surface area contributed by atoms with Crippen LogP contribution in [0.1, 0.15) is 45.8 Å². The van der Waals surface area contributed by atoms with Crippen LogP contribution in [0.2, 0.25) is 0 Å². The second kappa shape index (κ2) is 9.16. The van der Waals surface area contributed by atoms with Gasteiger partial charge < -0.3 is 14.8 Å². The van der Waals surface area contributed by atoms with Crippen LogP contribution in [0, 0.1) is 12.7 Å². The Bertz CT molecular complexity index is 1100. The van der Waals surface area contributed by atoms with Crippen LogP contribution in [0.3, 0.4) is 0 Å². The van der Waals surface area contributed by atoms with E-state index in [0.29, 0.717) is 29.5 Å². The minimum Gasteiger partial charge on any atom is -0.465 e. The zero-order valence-electron chi connectivity index (χ0n) is 17.7. The number of rotatable bonds is 6. The minimum absolute atomic E-state index is 0.228. The van der Waals surface area contributed by atoms with Gasteiger partial charge in [-0.05, 0) is 73.2 Å². The highest BCUT2D eigenvalue weighted by Gasteiger charge is 2.22. The number of aromatic nitrogens is 1. The average Bonchev–Trinajstić information content (AvgIpc) is 2.79. The second-order valence-corrected chi connectivity index (χ2v) is 7.78. The van der Waals surface area contributed by atoms with Gasteiger partial charge in [-0.2, -0.15) is 0 Å². The fraction of sp³-hybridized carbons (Fsp3) is 0.280. The van der Waals surface area contributed by atoms with Gasteiger partial charge in [-0.15, -0.1) is 0 Å². The Labute approximate surface area is 181 Å². The molecular formula is C25H25FN2O3. The van der Waals surface area contributed by atoms with E-state index < -0.39 is 0 Å². The summed E-state index contributed by atoms with van der Waals surface area (Å²) in [6.07, 6.45) is 6.27. The molecule has 1 aliphatic carbocycles. The maximum absolute atomic E-state index is 14.1. The van der Waals surface area contributed by atoms with Gasteiger partial charge in [0.25, 0.3) is 0 Å². The minimum atomic E-state index is -0.390. The topological polar surface area (TPSA) is 60.5 Å². The van der Waals surface area contributed by atoms with Crippen molar-refractivity contribution >= 4 is 11.7 Å². The Morgan fingerprint density at radius 1 is 1.23 bits per heavy atom. The first-order valence-electron chi connectivity index (χ1n) is 10.4. The molecule has 3 aromatic rings. The van der Waals surface area contributed by atoms with E-state index in [0.717, 1.165) is 24.8 Å². The summed E-state index contributed by atoms with van der Waals surface area (Å²) in [4.78, 5) is 16.1. The molecule has 2 aromatic carbocycles. The number of nitrogens with one attached hydrogen (secondary N) is 1. The molecule has 0 unspecified atom stereocenters. The summed E-state index contributed by atoms with van der Waals surface area (Å²) in [6.45, 7) is 2.52. The highest BCUT2D eigenvalue weighted by atomic mass is 19.1. The van der Waals surface area contributed by atoms with E-state index in [1.807, 2.05) is 25.1 Å². The first kappa shape index (κ1) is 20.8. The predicted octanol–water partition coefficient (Wildman–Crippen LogP) is 5.64. The quantitative estimate of drug-likeness (QED) is 0.523. The molecule has 0 saturated carbocycles. The largest absolute Gasteiger partial charge is 0.465 e. The van der Waals surface area contributed by atoms with E-state index in [9.17, 15) is 9.18 Å². The lowest BCUT2D eigenvalue weighted by Crippen LogP contribution is -2.19. The van der Waals surface area contributed by atoms with Crippen molar-refractivity contribution in [2.75, 3.05) is 19.0 Å². The van der Waals surface area contributed by atoms with Crippen molar-refractivity contribution in [2.45, 2.75) is 32.1 Å². The SMILES string of the molecule is COC(=O)c1ccncc1NC[C@@H]1CCCc2cc(Oc3ccc(C)cc3F)ccc21. The van der Waals surface area contributed by atoms with Crippen molar-refractivity contribution in [1.29, 1.82) is 0 Å². The second-order valence-electron chi connectivity index (χ2n) is 7.78. The number of aryl methyl sites for hydroxylation is 2. The monoisotopic (exact) mass is 420 g/mol. The number of pyridine rings is 1. The number of esters is 1. The lowest BCUT2D eigenvalue weighted by Gasteiger charge is -2.27. The molecule has 0 bridgehead atoms. The Hall–Kier alpha value is -3.41. The summed E-state index contributed by atoms with van der Waals surface area (Å²) >= 11 is 0. The number of methoxy groups -OCH3 is 1. The summed E-state index contributed by atoms with van der Waals surface area (Å²) in [6, 6.07) is 12.6. The summed E-state index contributed by atoms with van der Waals surface area (Å²) < 4.78 is 24.8. The number of ether oxygens (including phenoxy) is 2. The molecule has 1 aliphatic rings. The molecule has 160 valence electrons. The lowest BCUT2D eigenvalue weighted by molar-refractivity contribution is 0.0601. The van der Waals surface area contributed by atoms with E-state index in [2.05, 4.69) is 16.4 Å². The standard InChI is InChI=1S/C25H25FN2O3/c1-16-6-9-24(22(26)12-16)31-19-7-8-20-17(13-19)4-3-5-18(20)14-28-23-15-27-11-10-21(23)25(29)30-2/h6-13,15,18,28H,3-5,14H2,1-2H3/t18-/m0/s1. The fourth-order valence-electron chi connectivity index (χ4n) is 4.04. The van der Waals surface area contributed by atoms with Crippen molar-refractivity contribution < 1.29 is 18.7 Å². The molecule has 1 N–H and O–H groups in total. The maximum atomic E-state index is 14.1. The number of carbonyl (C=O) groups is 1. The van der Waals surface area contributed by atoms with Crippen LogP contribution in [0.4, 0.5) is 10.1 Å². The van der Waals surface area contributed by atoms with Gasteiger partial charge in [-0.1, -0.05) is 12.1 Å². The molecule has 0 spiro atoms. The normalized spacial score (nSPS) is 15.1. The molecular weight excluding hydrogens is 395 g/mol. The number of fused-ring (bicyclic) bond motifs is 1. The highest BCUT2D eigenvalue weighted by molar-refractivity contribution is 5.95. The van der Waals surface area contributed by atoms with Crippen molar-refractivity contribution in [3.63, 3.8) is 0 Å². The van der Waals surface area contributed by atoms with Crippen molar-refractivity contribution in [3.8, 4) is 11.5 Å². The molecule has 4 rings (SSSR count). The van der Waals surface area contributed by atoms with Crippen LogP contribution in [0.25, 0.3) is 0 Å². The Morgan fingerprint density at radius 2 is 2.10 bits per heavy atom. The molecule has 5 nitrogen and oxygen atoms in total. The zero-order valence-corrected chi connectivity index (χ0v) is 17.7. The van der Waals surface area contributed by atoms with Gasteiger partial charge in [0.05, 0.1) is 24.6 Å². The molecule has 31 heavy (non-hydrogen) atoms. The Balaban J connectivity index is 1.49. The van der Waals surface area contributed by atoms with Gasteiger partial charge in [0.1, 0.15) is 5.75 Å². The third-order valence-electron chi connectivity index (χ3n) is 5.63. The Morgan fingerprint density at radius 3 is 2.90 bits per heavy atom. The van der Waals surface area contributed by atoms with Crippen LogP contribution in [0.15, 0.2) is 54.9 Å². The van der Waals surface area contributed by atoms with Crippen molar-refractivity contribution in [2.24, 2.45) is 0 Å². The predicted molar refractivity (Wildman–Crippen MR) is 117 cm³/mol. The number of hydrogen-bond acceptors (Lipinski definition) is 5. The third-order valence-corrected chi connectivity index (χ3v) is 5.63. The maximum Gasteiger partial charge on any atom is 0.340 e. The third kappa shape index (κ3) is 4.68. The first-order valence-corrected chi connectivity index (χ1v) is 10.4. The number of hydrogen-bond donors (Lipinski definition) is 1. The first-order chi connectivity index (χ1) is 15.0. The number of carbonyl (C=O) groups excluding carboxylic acids is 1. The van der Waals surface area contributed by atoms with Gasteiger partial charge in [-0.3, -0.25) is 4.98 Å². The highest BCUT2D eigenvalue weighted by Crippen LogP contribution is 2.35. The number of benzene rings is 2. The van der Waals surface area contributed by atoms with Crippen molar-refractivity contribution in [1.82, 2.24) is 4.98 Å². The van der Waals surface area contributed by atoms with E-state index in [1.54, 1.807) is 24.5 Å². The molecule has 1 atom stereocenters. The fourth-order valence-corrected chi connectivity index (χ4v) is 4.04. The van der Waals surface area contributed by atoms with Gasteiger partial charge in [0, 0.05) is 18.7 Å². The zero-order chi connectivity index (χ0) is 21.8. The van der Waals surface area contributed by atoms with E-state index >= 15 is 0 Å². The number of anilines is 1. The number of halogens is 1. The van der Waals surface area contributed by atoms with Crippen LogP contribution >= 0.6 is 0 Å². The summed E-state index contributed by atoms with van der Waals surface area (Å²) in [5.74, 6) is 0.401. The number of nitrogens with zero attached hydrogens (tertiary/aromatic N) is 1. The Kier molecular flexibility index (Phi) is 6.16. The summed E-state index contributed by atoms with van der Waals surface area (Å²) in [7, 11) is 1.37. The van der Waals surface area contributed by atoms with Gasteiger partial charge in [0.15, 0.2) is 11.6 Å². The smallest absolute Gasteiger partial charge is 0.340 e. The molecule has 0 amide bonds. The summed E-state index contributed by atoms with van der Waals surface area (Å²) in [5.41, 5.74) is 4.45. The van der Waals surface area contributed by atoms with Gasteiger partial charge >= 0.3 is 5.97 Å². The van der Waals surface area contributed by atoms with E-state index in [-0.39, 0.29) is 17.5 Å². The van der Waals surface area contributed by atoms with Crippen LogP contribution in [0.5, 0.6) is 11.5 Å². The lowest BCUT2D eigenvalue weighted by atomic mass is 9.82. The van der Waals surface area contributed by atoms with Crippen LogP contribution in [-0.2, 0) is 11.2 Å². The van der Waals surface area contributed by atoms with Gasteiger partial charge in [-0.25, -0.2) is 9.18 Å². The van der Waals surface area contributed by atoms with Crippen molar-refractivity contribution in [3.05, 3.63) is 82.9 Å². The van der Waals surface area contributed by atoms with Crippen LogP contribution in [-0.4, -0.2) is 24.6 Å². The summed E-state index contributed by atoms with van der Waals surface area (Å²) in [5, 5.41) is 3.36. The molecule has 0 radical (unpaired) electrons. The van der Waals surface area contributed by atoms with E-state index in [1.165, 1.54) is 24.3 Å². The molecule has 0 aliphatic heterocycles. The average molecular weight is 420 g/mol. The molecule has 6 heteroatoms. The molecule has 1 heterocycles.